The van der Waals surface area contributed by atoms with E-state index in [4.69, 9.17) is 0 Å². The van der Waals surface area contributed by atoms with Crippen LogP contribution in [0.3, 0.4) is 0 Å². The minimum atomic E-state index is -0.270. The molecule has 0 N–H and O–H groups in total. The lowest BCUT2D eigenvalue weighted by molar-refractivity contribution is 0.646. The Balaban J connectivity index is 0.000000606. The van der Waals surface area contributed by atoms with Gasteiger partial charge in [-0.3, -0.25) is 4.79 Å². The van der Waals surface area contributed by atoms with Crippen LogP contribution < -0.4 is 5.56 Å². The van der Waals surface area contributed by atoms with E-state index >= 15 is 0 Å². The van der Waals surface area contributed by atoms with Gasteiger partial charge in [-0.2, -0.15) is 0 Å². The Morgan fingerprint density at radius 2 is 1.88 bits per heavy atom. The molecule has 4 heteroatoms. The van der Waals surface area contributed by atoms with Crippen molar-refractivity contribution in [1.82, 2.24) is 15.0 Å². The average Bonchev–Trinajstić information content (AvgIpc) is 2.50. The summed E-state index contributed by atoms with van der Waals surface area (Å²) in [6.45, 7) is 6.06. The molecule has 1 aromatic heterocycles. The van der Waals surface area contributed by atoms with Gasteiger partial charge < -0.3 is 0 Å². The molecule has 0 aromatic carbocycles. The third-order valence-electron chi connectivity index (χ3n) is 2.25. The molecule has 1 heterocycles. The lowest BCUT2D eigenvalue weighted by Crippen LogP contribution is -2.19. The first-order valence-corrected chi connectivity index (χ1v) is 5.49. The Morgan fingerprint density at radius 3 is 2.56 bits per heavy atom. The summed E-state index contributed by atoms with van der Waals surface area (Å²) >= 11 is 0. The molecule has 0 spiro atoms. The lowest BCUT2D eigenvalue weighted by Gasteiger charge is -2.02. The largest absolute Gasteiger partial charge is 0.299 e. The molecule has 0 saturated heterocycles. The fourth-order valence-corrected chi connectivity index (χ4v) is 1.40. The number of hydrogen-bond acceptors (Lipinski definition) is 3. The molecule has 1 aliphatic rings. The maximum absolute atomic E-state index is 11.4. The van der Waals surface area contributed by atoms with Gasteiger partial charge in [-0.05, 0) is 12.0 Å². The molecule has 0 amide bonds. The van der Waals surface area contributed by atoms with Crippen LogP contribution in [0.1, 0.15) is 32.0 Å². The smallest absolute Gasteiger partial charge is 0.265 e. The molecule has 1 unspecified atom stereocenters. The molecule has 0 aliphatic heterocycles. The van der Waals surface area contributed by atoms with Crippen LogP contribution in [0.25, 0.3) is 12.2 Å². The zero-order valence-electron chi connectivity index (χ0n) is 10.1. The van der Waals surface area contributed by atoms with E-state index in [2.05, 4.69) is 17.2 Å². The lowest BCUT2D eigenvalue weighted by atomic mass is 10.2. The van der Waals surface area contributed by atoms with Crippen LogP contribution in [-0.4, -0.2) is 15.0 Å². The summed E-state index contributed by atoms with van der Waals surface area (Å²) in [5, 5.41) is 7.26. The Morgan fingerprint density at radius 1 is 1.25 bits per heavy atom. The topological polar surface area (TPSA) is 47.8 Å². The molecule has 0 saturated carbocycles. The molecule has 86 valence electrons. The molecule has 1 aromatic rings. The normalized spacial score (nSPS) is 17.1. The van der Waals surface area contributed by atoms with Crippen LogP contribution in [0, 0.1) is 5.92 Å². The van der Waals surface area contributed by atoms with Gasteiger partial charge in [-0.15, -0.1) is 0 Å². The van der Waals surface area contributed by atoms with E-state index in [0.717, 1.165) is 5.69 Å². The van der Waals surface area contributed by atoms with Gasteiger partial charge in [-0.1, -0.05) is 49.3 Å². The van der Waals surface area contributed by atoms with Crippen molar-refractivity contribution in [3.05, 3.63) is 33.8 Å². The molecular formula is C12H17N3O. The molecular weight excluding hydrogens is 202 g/mol. The standard InChI is InChI=1S/C10H11N3O.C2H6/c1-7-3-5-8-9(6-4-7)13(2)12-11-10(8)14;1-2/h3-7H,1-2H3;1-2H3. The molecule has 2 rings (SSSR count). The number of fused-ring (bicyclic) bond motifs is 1. The zero-order chi connectivity index (χ0) is 12.1. The predicted octanol–water partition coefficient (Wildman–Crippen LogP) is 1.88. The number of aromatic nitrogens is 3. The van der Waals surface area contributed by atoms with E-state index in [9.17, 15) is 4.79 Å². The Kier molecular flexibility index (Phi) is 4.17. The van der Waals surface area contributed by atoms with E-state index in [1.54, 1.807) is 11.7 Å². The van der Waals surface area contributed by atoms with E-state index in [1.165, 1.54) is 0 Å². The number of nitrogens with zero attached hydrogens (tertiary/aromatic N) is 3. The highest BCUT2D eigenvalue weighted by molar-refractivity contribution is 5.64. The van der Waals surface area contributed by atoms with Crippen LogP contribution in [0.2, 0.25) is 0 Å². The fraction of sp³-hybridized carbons (Fsp3) is 0.417. The minimum absolute atomic E-state index is 0.270. The summed E-state index contributed by atoms with van der Waals surface area (Å²) in [5.41, 5.74) is 1.15. The monoisotopic (exact) mass is 219 g/mol. The average molecular weight is 219 g/mol. The first-order chi connectivity index (χ1) is 7.68. The second kappa shape index (κ2) is 5.39. The van der Waals surface area contributed by atoms with Crippen LogP contribution >= 0.6 is 0 Å². The van der Waals surface area contributed by atoms with Gasteiger partial charge in [0.05, 0.1) is 11.3 Å². The van der Waals surface area contributed by atoms with E-state index in [-0.39, 0.29) is 5.56 Å². The molecule has 0 bridgehead atoms. The number of aryl methyl sites for hydroxylation is 1. The summed E-state index contributed by atoms with van der Waals surface area (Å²) in [6.07, 6.45) is 7.74. The maximum atomic E-state index is 11.4. The Bertz CT molecular complexity index is 472. The third kappa shape index (κ3) is 2.45. The summed E-state index contributed by atoms with van der Waals surface area (Å²) in [6, 6.07) is 0. The Labute approximate surface area is 95.3 Å². The summed E-state index contributed by atoms with van der Waals surface area (Å²) in [4.78, 5) is 11.4. The molecule has 0 radical (unpaired) electrons. The SMILES string of the molecule is CC.CC1C=Cc2c(n(C)nnc2=O)C=C1. The number of hydrogen-bond donors (Lipinski definition) is 0. The third-order valence-corrected chi connectivity index (χ3v) is 2.25. The molecule has 1 aliphatic carbocycles. The van der Waals surface area contributed by atoms with Crippen molar-refractivity contribution >= 4 is 12.2 Å². The van der Waals surface area contributed by atoms with Crippen molar-refractivity contribution in [2.75, 3.05) is 0 Å². The van der Waals surface area contributed by atoms with E-state index in [0.29, 0.717) is 11.5 Å². The summed E-state index contributed by atoms with van der Waals surface area (Å²) in [7, 11) is 1.78. The fourth-order valence-electron chi connectivity index (χ4n) is 1.40. The van der Waals surface area contributed by atoms with Crippen molar-refractivity contribution in [3.63, 3.8) is 0 Å². The highest BCUT2D eigenvalue weighted by Crippen LogP contribution is 2.14. The van der Waals surface area contributed by atoms with Gasteiger partial charge in [0.2, 0.25) is 0 Å². The first kappa shape index (κ1) is 12.4. The highest BCUT2D eigenvalue weighted by atomic mass is 16.1. The summed E-state index contributed by atoms with van der Waals surface area (Å²) < 4.78 is 1.61. The predicted molar refractivity (Wildman–Crippen MR) is 65.9 cm³/mol. The van der Waals surface area contributed by atoms with Crippen LogP contribution in [0.5, 0.6) is 0 Å². The van der Waals surface area contributed by atoms with Gasteiger partial charge in [0.15, 0.2) is 0 Å². The number of rotatable bonds is 0. The van der Waals surface area contributed by atoms with Crippen molar-refractivity contribution in [1.29, 1.82) is 0 Å². The first-order valence-electron chi connectivity index (χ1n) is 5.49. The van der Waals surface area contributed by atoms with Gasteiger partial charge in [0, 0.05) is 7.05 Å². The van der Waals surface area contributed by atoms with Crippen molar-refractivity contribution in [3.8, 4) is 0 Å². The van der Waals surface area contributed by atoms with Crippen LogP contribution in [0.15, 0.2) is 16.9 Å². The van der Waals surface area contributed by atoms with Crippen molar-refractivity contribution < 1.29 is 0 Å². The van der Waals surface area contributed by atoms with Gasteiger partial charge >= 0.3 is 0 Å². The maximum Gasteiger partial charge on any atom is 0.299 e. The van der Waals surface area contributed by atoms with Gasteiger partial charge in [-0.25, -0.2) is 4.68 Å². The van der Waals surface area contributed by atoms with E-state index < -0.39 is 0 Å². The second-order valence-corrected chi connectivity index (χ2v) is 3.39. The van der Waals surface area contributed by atoms with Crippen molar-refractivity contribution in [2.45, 2.75) is 20.8 Å². The molecule has 1 atom stereocenters. The zero-order valence-corrected chi connectivity index (χ0v) is 10.1. The molecule has 16 heavy (non-hydrogen) atoms. The van der Waals surface area contributed by atoms with Gasteiger partial charge in [0.25, 0.3) is 5.56 Å². The highest BCUT2D eigenvalue weighted by Gasteiger charge is 2.09. The number of allylic oxidation sites excluding steroid dienone is 2. The Hall–Kier alpha value is -1.71. The van der Waals surface area contributed by atoms with E-state index in [1.807, 2.05) is 38.2 Å². The van der Waals surface area contributed by atoms with Gasteiger partial charge in [0.1, 0.15) is 0 Å². The van der Waals surface area contributed by atoms with Crippen LogP contribution in [0.4, 0.5) is 0 Å². The molecule has 4 nitrogen and oxygen atoms in total. The molecule has 0 fully saturated rings. The minimum Gasteiger partial charge on any atom is -0.265 e. The van der Waals surface area contributed by atoms with Crippen molar-refractivity contribution in [2.24, 2.45) is 13.0 Å². The quantitative estimate of drug-likeness (QED) is 0.669. The second-order valence-electron chi connectivity index (χ2n) is 3.39. The van der Waals surface area contributed by atoms with Crippen LogP contribution in [-0.2, 0) is 7.05 Å². The summed E-state index contributed by atoms with van der Waals surface area (Å²) in [5.74, 6) is 0.335.